The van der Waals surface area contributed by atoms with Crippen LogP contribution in [0.1, 0.15) is 0 Å². The van der Waals surface area contributed by atoms with Crippen molar-refractivity contribution in [1.29, 1.82) is 0 Å². The molecule has 0 amide bonds. The highest BCUT2D eigenvalue weighted by molar-refractivity contribution is 7.17. The number of hydrogen-bond donors (Lipinski definition) is 1. The number of nitrogens with one attached hydrogen (secondary N) is 1. The van der Waals surface area contributed by atoms with Crippen molar-refractivity contribution >= 4 is 39.5 Å². The first-order chi connectivity index (χ1) is 7.84. The topological polar surface area (TPSA) is 15.3 Å². The summed E-state index contributed by atoms with van der Waals surface area (Å²) in [6.07, 6.45) is 0. The minimum atomic E-state index is -0.136. The van der Waals surface area contributed by atoms with Crippen molar-refractivity contribution in [3.63, 3.8) is 0 Å². The molecule has 2 aromatic rings. The summed E-state index contributed by atoms with van der Waals surface area (Å²) in [6, 6.07) is 5.35. The molecule has 0 atom stereocenters. The SMILES string of the molecule is Cl.Fc1cc(N2CCNCC2)c2ccsc2c1. The summed E-state index contributed by atoms with van der Waals surface area (Å²) in [7, 11) is 0. The number of halogens is 2. The monoisotopic (exact) mass is 272 g/mol. The van der Waals surface area contributed by atoms with Crippen LogP contribution in [-0.2, 0) is 0 Å². The van der Waals surface area contributed by atoms with Gasteiger partial charge in [-0.1, -0.05) is 0 Å². The maximum Gasteiger partial charge on any atom is 0.126 e. The van der Waals surface area contributed by atoms with Crippen LogP contribution < -0.4 is 10.2 Å². The molecular formula is C12H14ClFN2S. The van der Waals surface area contributed by atoms with E-state index in [1.54, 1.807) is 23.5 Å². The van der Waals surface area contributed by atoms with Crippen LogP contribution in [0.3, 0.4) is 0 Å². The highest BCUT2D eigenvalue weighted by Gasteiger charge is 2.14. The minimum absolute atomic E-state index is 0. The number of fused-ring (bicyclic) bond motifs is 1. The van der Waals surface area contributed by atoms with Crippen LogP contribution in [0.5, 0.6) is 0 Å². The average molecular weight is 273 g/mol. The van der Waals surface area contributed by atoms with E-state index in [1.807, 2.05) is 5.38 Å². The van der Waals surface area contributed by atoms with E-state index in [4.69, 9.17) is 0 Å². The molecular weight excluding hydrogens is 259 g/mol. The van der Waals surface area contributed by atoms with E-state index in [9.17, 15) is 4.39 Å². The third-order valence-corrected chi connectivity index (χ3v) is 3.84. The summed E-state index contributed by atoms with van der Waals surface area (Å²) in [6.45, 7) is 3.85. The van der Waals surface area contributed by atoms with Crippen LogP contribution in [0, 0.1) is 5.82 Å². The fourth-order valence-corrected chi connectivity index (χ4v) is 3.02. The zero-order chi connectivity index (χ0) is 11.0. The molecule has 0 aliphatic carbocycles. The van der Waals surface area contributed by atoms with Crippen molar-refractivity contribution in [2.45, 2.75) is 0 Å². The van der Waals surface area contributed by atoms with Gasteiger partial charge in [0.2, 0.25) is 0 Å². The number of anilines is 1. The molecule has 2 nitrogen and oxygen atoms in total. The number of thiophene rings is 1. The molecule has 1 saturated heterocycles. The van der Waals surface area contributed by atoms with Gasteiger partial charge in [-0.3, -0.25) is 0 Å². The maximum atomic E-state index is 13.5. The van der Waals surface area contributed by atoms with Crippen LogP contribution >= 0.6 is 23.7 Å². The van der Waals surface area contributed by atoms with Gasteiger partial charge in [0.05, 0.1) is 0 Å². The molecule has 1 aliphatic heterocycles. The van der Waals surface area contributed by atoms with Crippen LogP contribution in [0.25, 0.3) is 10.1 Å². The number of nitrogens with zero attached hydrogens (tertiary/aromatic N) is 1. The lowest BCUT2D eigenvalue weighted by molar-refractivity contribution is 0.586. The number of rotatable bonds is 1. The third-order valence-electron chi connectivity index (χ3n) is 2.97. The fraction of sp³-hybridized carbons (Fsp3) is 0.333. The second kappa shape index (κ2) is 5.21. The van der Waals surface area contributed by atoms with Crippen molar-refractivity contribution in [2.75, 3.05) is 31.1 Å². The van der Waals surface area contributed by atoms with E-state index in [2.05, 4.69) is 16.3 Å². The van der Waals surface area contributed by atoms with Crippen LogP contribution in [0.4, 0.5) is 10.1 Å². The number of benzene rings is 1. The van der Waals surface area contributed by atoms with Gasteiger partial charge in [-0.2, -0.15) is 0 Å². The van der Waals surface area contributed by atoms with Gasteiger partial charge in [-0.05, 0) is 23.6 Å². The molecule has 0 radical (unpaired) electrons. The standard InChI is InChI=1S/C12H13FN2S.ClH/c13-9-7-11(15-4-2-14-3-5-15)10-1-6-16-12(10)8-9;/h1,6-8,14H,2-5H2;1H. The molecule has 1 aromatic carbocycles. The van der Waals surface area contributed by atoms with E-state index in [0.29, 0.717) is 0 Å². The van der Waals surface area contributed by atoms with Crippen molar-refractivity contribution in [3.8, 4) is 0 Å². The average Bonchev–Trinajstić information content (AvgIpc) is 2.77. The molecule has 1 N–H and O–H groups in total. The van der Waals surface area contributed by atoms with Crippen molar-refractivity contribution in [3.05, 3.63) is 29.4 Å². The minimum Gasteiger partial charge on any atom is -0.368 e. The molecule has 2 heterocycles. The van der Waals surface area contributed by atoms with E-state index in [1.165, 1.54) is 5.39 Å². The zero-order valence-electron chi connectivity index (χ0n) is 9.28. The summed E-state index contributed by atoms with van der Waals surface area (Å²) in [5.41, 5.74) is 1.04. The Bertz CT molecular complexity index is 508. The van der Waals surface area contributed by atoms with Gasteiger partial charge >= 0.3 is 0 Å². The summed E-state index contributed by atoms with van der Waals surface area (Å²) in [4.78, 5) is 2.26. The van der Waals surface area contributed by atoms with Crippen LogP contribution in [0.15, 0.2) is 23.6 Å². The van der Waals surface area contributed by atoms with E-state index >= 15 is 0 Å². The smallest absolute Gasteiger partial charge is 0.126 e. The van der Waals surface area contributed by atoms with Gasteiger partial charge in [0, 0.05) is 42.0 Å². The van der Waals surface area contributed by atoms with Gasteiger partial charge < -0.3 is 10.2 Å². The maximum absolute atomic E-state index is 13.5. The van der Waals surface area contributed by atoms with E-state index in [0.717, 1.165) is 36.6 Å². The molecule has 0 unspecified atom stereocenters. The molecule has 1 fully saturated rings. The zero-order valence-corrected chi connectivity index (χ0v) is 10.9. The van der Waals surface area contributed by atoms with Crippen molar-refractivity contribution in [1.82, 2.24) is 5.32 Å². The molecule has 0 bridgehead atoms. The predicted molar refractivity (Wildman–Crippen MR) is 74.1 cm³/mol. The Morgan fingerprint density at radius 3 is 2.76 bits per heavy atom. The van der Waals surface area contributed by atoms with Gasteiger partial charge in [0.1, 0.15) is 5.82 Å². The molecule has 92 valence electrons. The summed E-state index contributed by atoms with van der Waals surface area (Å²) < 4.78 is 14.5. The normalized spacial score (nSPS) is 15.9. The lowest BCUT2D eigenvalue weighted by Crippen LogP contribution is -2.43. The molecule has 1 aliphatic rings. The number of piperazine rings is 1. The molecule has 17 heavy (non-hydrogen) atoms. The summed E-state index contributed by atoms with van der Waals surface area (Å²) in [5.74, 6) is -0.136. The Kier molecular flexibility index (Phi) is 3.86. The largest absolute Gasteiger partial charge is 0.368 e. The Labute approximate surface area is 110 Å². The lowest BCUT2D eigenvalue weighted by Gasteiger charge is -2.30. The van der Waals surface area contributed by atoms with Crippen LogP contribution in [0.2, 0.25) is 0 Å². The van der Waals surface area contributed by atoms with Gasteiger partial charge in [0.15, 0.2) is 0 Å². The van der Waals surface area contributed by atoms with Gasteiger partial charge in [0.25, 0.3) is 0 Å². The molecule has 0 saturated carbocycles. The molecule has 0 spiro atoms. The first kappa shape index (κ1) is 12.6. The van der Waals surface area contributed by atoms with Crippen LogP contribution in [-0.4, -0.2) is 26.2 Å². The predicted octanol–water partition coefficient (Wildman–Crippen LogP) is 2.87. The van der Waals surface area contributed by atoms with Gasteiger partial charge in [-0.15, -0.1) is 23.7 Å². The Morgan fingerprint density at radius 1 is 1.24 bits per heavy atom. The quantitative estimate of drug-likeness (QED) is 0.859. The Hall–Kier alpha value is -0.840. The molecule has 3 rings (SSSR count). The van der Waals surface area contributed by atoms with Gasteiger partial charge in [-0.25, -0.2) is 4.39 Å². The fourth-order valence-electron chi connectivity index (χ4n) is 2.19. The first-order valence-electron chi connectivity index (χ1n) is 5.47. The number of hydrogen-bond acceptors (Lipinski definition) is 3. The lowest BCUT2D eigenvalue weighted by atomic mass is 10.2. The van der Waals surface area contributed by atoms with E-state index < -0.39 is 0 Å². The van der Waals surface area contributed by atoms with E-state index in [-0.39, 0.29) is 18.2 Å². The second-order valence-electron chi connectivity index (χ2n) is 3.99. The molecule has 5 heteroatoms. The first-order valence-corrected chi connectivity index (χ1v) is 6.35. The summed E-state index contributed by atoms with van der Waals surface area (Å²) in [5, 5.41) is 6.51. The second-order valence-corrected chi connectivity index (χ2v) is 4.94. The van der Waals surface area contributed by atoms with Crippen molar-refractivity contribution < 1.29 is 4.39 Å². The van der Waals surface area contributed by atoms with Crippen molar-refractivity contribution in [2.24, 2.45) is 0 Å². The Morgan fingerprint density at radius 2 is 2.00 bits per heavy atom. The molecule has 1 aromatic heterocycles. The third kappa shape index (κ3) is 2.39. The Balaban J connectivity index is 0.00000108. The highest BCUT2D eigenvalue weighted by atomic mass is 35.5. The highest BCUT2D eigenvalue weighted by Crippen LogP contribution is 2.31. The summed E-state index contributed by atoms with van der Waals surface area (Å²) >= 11 is 1.60.